The minimum atomic E-state index is 0.652. The summed E-state index contributed by atoms with van der Waals surface area (Å²) in [4.78, 5) is 4.38. The summed E-state index contributed by atoms with van der Waals surface area (Å²) in [5.74, 6) is 0.847. The van der Waals surface area contributed by atoms with E-state index in [-0.39, 0.29) is 0 Å². The molecule has 1 aromatic carbocycles. The van der Waals surface area contributed by atoms with Crippen LogP contribution >= 0.6 is 22.6 Å². The zero-order valence-corrected chi connectivity index (χ0v) is 13.0. The number of anilines is 1. The molecule has 0 amide bonds. The number of methoxy groups -OCH3 is 1. The van der Waals surface area contributed by atoms with Crippen LogP contribution in [-0.2, 0) is 6.54 Å². The van der Waals surface area contributed by atoms with Crippen molar-refractivity contribution in [3.8, 4) is 5.75 Å². The van der Waals surface area contributed by atoms with Crippen molar-refractivity contribution in [2.75, 3.05) is 12.8 Å². The number of rotatable bonds is 3. The standard InChI is InChI=1S/C14H13IN4O/c1-20-11-4-2-9(3-5-11)8-19-14-12(13(15)18-19)6-10(16)7-17-14/h2-7H,8,16H2,1H3. The molecule has 0 spiro atoms. The van der Waals surface area contributed by atoms with Crippen LogP contribution < -0.4 is 10.5 Å². The molecule has 0 unspecified atom stereocenters. The van der Waals surface area contributed by atoms with Crippen molar-refractivity contribution in [2.24, 2.45) is 0 Å². The number of nitrogen functional groups attached to an aromatic ring is 1. The van der Waals surface area contributed by atoms with Gasteiger partial charge < -0.3 is 10.5 Å². The quantitative estimate of drug-likeness (QED) is 0.710. The topological polar surface area (TPSA) is 66.0 Å². The molecule has 6 heteroatoms. The van der Waals surface area contributed by atoms with Crippen molar-refractivity contribution < 1.29 is 4.74 Å². The van der Waals surface area contributed by atoms with Crippen LogP contribution in [0.15, 0.2) is 36.5 Å². The number of aromatic nitrogens is 3. The lowest BCUT2D eigenvalue weighted by Crippen LogP contribution is -2.03. The summed E-state index contributed by atoms with van der Waals surface area (Å²) >= 11 is 2.20. The molecule has 0 radical (unpaired) electrons. The van der Waals surface area contributed by atoms with E-state index in [2.05, 4.69) is 32.7 Å². The minimum absolute atomic E-state index is 0.652. The van der Waals surface area contributed by atoms with Gasteiger partial charge in [-0.25, -0.2) is 9.67 Å². The molecule has 2 aromatic heterocycles. The number of benzene rings is 1. The smallest absolute Gasteiger partial charge is 0.159 e. The molecule has 3 aromatic rings. The molecule has 20 heavy (non-hydrogen) atoms. The van der Waals surface area contributed by atoms with Crippen LogP contribution in [0.5, 0.6) is 5.75 Å². The molecule has 102 valence electrons. The summed E-state index contributed by atoms with van der Waals surface area (Å²) in [6.45, 7) is 0.667. The van der Waals surface area contributed by atoms with Gasteiger partial charge in [-0.1, -0.05) is 12.1 Å². The van der Waals surface area contributed by atoms with Gasteiger partial charge in [-0.3, -0.25) is 0 Å². The highest BCUT2D eigenvalue weighted by Gasteiger charge is 2.10. The fourth-order valence-electron chi connectivity index (χ4n) is 2.05. The lowest BCUT2D eigenvalue weighted by atomic mass is 10.2. The number of halogens is 1. The Hall–Kier alpha value is -1.83. The zero-order valence-electron chi connectivity index (χ0n) is 10.9. The van der Waals surface area contributed by atoms with E-state index < -0.39 is 0 Å². The Morgan fingerprint density at radius 2 is 2.05 bits per heavy atom. The summed E-state index contributed by atoms with van der Waals surface area (Å²) < 4.78 is 7.95. The predicted molar refractivity (Wildman–Crippen MR) is 86.8 cm³/mol. The van der Waals surface area contributed by atoms with Gasteiger partial charge in [0.25, 0.3) is 0 Å². The van der Waals surface area contributed by atoms with Crippen LogP contribution in [0.25, 0.3) is 11.0 Å². The number of pyridine rings is 1. The maximum atomic E-state index is 5.77. The number of hydrogen-bond donors (Lipinski definition) is 1. The van der Waals surface area contributed by atoms with Crippen molar-refractivity contribution in [1.82, 2.24) is 14.8 Å². The van der Waals surface area contributed by atoms with E-state index in [1.807, 2.05) is 35.0 Å². The van der Waals surface area contributed by atoms with Crippen molar-refractivity contribution in [3.05, 3.63) is 45.8 Å². The van der Waals surface area contributed by atoms with Gasteiger partial charge in [-0.15, -0.1) is 0 Å². The number of nitrogens with zero attached hydrogens (tertiary/aromatic N) is 3. The van der Waals surface area contributed by atoms with Crippen LogP contribution in [0.3, 0.4) is 0 Å². The monoisotopic (exact) mass is 380 g/mol. The Kier molecular flexibility index (Phi) is 3.47. The first-order valence-electron chi connectivity index (χ1n) is 6.08. The molecule has 0 saturated carbocycles. The van der Waals surface area contributed by atoms with E-state index in [0.717, 1.165) is 26.0 Å². The van der Waals surface area contributed by atoms with Crippen molar-refractivity contribution in [3.63, 3.8) is 0 Å². The average molecular weight is 380 g/mol. The Balaban J connectivity index is 1.97. The Bertz CT molecular complexity index is 752. The molecule has 0 bridgehead atoms. The number of ether oxygens (including phenoxy) is 1. The third-order valence-corrected chi connectivity index (χ3v) is 3.85. The zero-order chi connectivity index (χ0) is 14.1. The van der Waals surface area contributed by atoms with Crippen LogP contribution in [0, 0.1) is 3.70 Å². The Morgan fingerprint density at radius 3 is 2.75 bits per heavy atom. The minimum Gasteiger partial charge on any atom is -0.497 e. The maximum Gasteiger partial charge on any atom is 0.159 e. The van der Waals surface area contributed by atoms with Gasteiger partial charge >= 0.3 is 0 Å². The Labute approximate surface area is 129 Å². The highest BCUT2D eigenvalue weighted by Crippen LogP contribution is 2.21. The molecule has 5 nitrogen and oxygen atoms in total. The lowest BCUT2D eigenvalue weighted by molar-refractivity contribution is 0.414. The molecule has 0 atom stereocenters. The van der Waals surface area contributed by atoms with E-state index in [0.29, 0.717) is 12.2 Å². The highest BCUT2D eigenvalue weighted by atomic mass is 127. The van der Waals surface area contributed by atoms with Crippen LogP contribution in [0.4, 0.5) is 5.69 Å². The molecule has 0 aliphatic carbocycles. The number of fused-ring (bicyclic) bond motifs is 1. The van der Waals surface area contributed by atoms with E-state index in [1.54, 1.807) is 13.3 Å². The van der Waals surface area contributed by atoms with Crippen LogP contribution in [-0.4, -0.2) is 21.9 Å². The fraction of sp³-hybridized carbons (Fsp3) is 0.143. The van der Waals surface area contributed by atoms with Crippen molar-refractivity contribution >= 4 is 39.3 Å². The summed E-state index contributed by atoms with van der Waals surface area (Å²) in [6, 6.07) is 9.84. The van der Waals surface area contributed by atoms with Gasteiger partial charge in [0.15, 0.2) is 5.65 Å². The molecule has 0 saturated heterocycles. The summed E-state index contributed by atoms with van der Waals surface area (Å²) in [5.41, 5.74) is 8.41. The van der Waals surface area contributed by atoms with E-state index in [1.165, 1.54) is 0 Å². The molecule has 2 heterocycles. The van der Waals surface area contributed by atoms with E-state index in [9.17, 15) is 0 Å². The molecule has 0 aliphatic rings. The van der Waals surface area contributed by atoms with E-state index in [4.69, 9.17) is 10.5 Å². The Morgan fingerprint density at radius 1 is 1.30 bits per heavy atom. The molecule has 0 fully saturated rings. The van der Waals surface area contributed by atoms with Gasteiger partial charge in [-0.05, 0) is 46.4 Å². The largest absolute Gasteiger partial charge is 0.497 e. The van der Waals surface area contributed by atoms with E-state index >= 15 is 0 Å². The van der Waals surface area contributed by atoms with Gasteiger partial charge in [0, 0.05) is 0 Å². The first-order valence-corrected chi connectivity index (χ1v) is 7.15. The second-order valence-corrected chi connectivity index (χ2v) is 5.46. The second-order valence-electron chi connectivity index (χ2n) is 4.44. The molecule has 2 N–H and O–H groups in total. The molecular formula is C14H13IN4O. The summed E-state index contributed by atoms with van der Waals surface area (Å²) in [5, 5.41) is 5.51. The first kappa shape index (κ1) is 13.2. The highest BCUT2D eigenvalue weighted by molar-refractivity contribution is 14.1. The normalized spacial score (nSPS) is 10.9. The summed E-state index contributed by atoms with van der Waals surface area (Å²) in [6.07, 6.45) is 1.66. The molecule has 3 rings (SSSR count). The summed E-state index contributed by atoms with van der Waals surface area (Å²) in [7, 11) is 1.66. The molecular weight excluding hydrogens is 367 g/mol. The van der Waals surface area contributed by atoms with Gasteiger partial charge in [0.05, 0.1) is 30.9 Å². The van der Waals surface area contributed by atoms with Gasteiger partial charge in [-0.2, -0.15) is 5.10 Å². The van der Waals surface area contributed by atoms with Crippen LogP contribution in [0.2, 0.25) is 0 Å². The lowest BCUT2D eigenvalue weighted by Gasteiger charge is -2.05. The van der Waals surface area contributed by atoms with Gasteiger partial charge in [0.2, 0.25) is 0 Å². The fourth-order valence-corrected chi connectivity index (χ4v) is 2.71. The second kappa shape index (κ2) is 5.28. The SMILES string of the molecule is COc1ccc(Cn2nc(I)c3cc(N)cnc32)cc1. The number of hydrogen-bond acceptors (Lipinski definition) is 4. The van der Waals surface area contributed by atoms with Crippen LogP contribution in [0.1, 0.15) is 5.56 Å². The third kappa shape index (κ3) is 2.43. The van der Waals surface area contributed by atoms with Crippen molar-refractivity contribution in [1.29, 1.82) is 0 Å². The average Bonchev–Trinajstić information content (AvgIpc) is 2.76. The molecule has 0 aliphatic heterocycles. The van der Waals surface area contributed by atoms with Gasteiger partial charge in [0.1, 0.15) is 9.45 Å². The first-order chi connectivity index (χ1) is 9.67. The number of nitrogens with two attached hydrogens (primary N) is 1. The maximum absolute atomic E-state index is 5.77. The predicted octanol–water partition coefficient (Wildman–Crippen LogP) is 2.68. The third-order valence-electron chi connectivity index (χ3n) is 3.05. The van der Waals surface area contributed by atoms with Crippen molar-refractivity contribution in [2.45, 2.75) is 6.54 Å².